The van der Waals surface area contributed by atoms with Crippen molar-refractivity contribution in [3.8, 4) is 0 Å². The Morgan fingerprint density at radius 3 is 2.67 bits per heavy atom. The van der Waals surface area contributed by atoms with Gasteiger partial charge in [0.25, 0.3) is 5.91 Å². The fourth-order valence-electron chi connectivity index (χ4n) is 4.78. The number of carbonyl (C=O) groups excluding carboxylic acids is 1. The van der Waals surface area contributed by atoms with Gasteiger partial charge in [-0.2, -0.15) is 0 Å². The van der Waals surface area contributed by atoms with Crippen LogP contribution in [0.25, 0.3) is 0 Å². The molecule has 3 heterocycles. The van der Waals surface area contributed by atoms with Gasteiger partial charge in [-0.1, -0.05) is 12.8 Å². The topological polar surface area (TPSA) is 84.6 Å². The Balaban J connectivity index is 1.67. The lowest BCUT2D eigenvalue weighted by Crippen LogP contribution is -2.52. The van der Waals surface area contributed by atoms with Gasteiger partial charge in [-0.25, -0.2) is 9.97 Å². The van der Waals surface area contributed by atoms with E-state index in [-0.39, 0.29) is 17.5 Å². The maximum Gasteiger partial charge on any atom is 0.292 e. The van der Waals surface area contributed by atoms with E-state index in [9.17, 15) is 4.79 Å². The second-order valence-corrected chi connectivity index (χ2v) is 8.37. The molecule has 2 aliphatic heterocycles. The van der Waals surface area contributed by atoms with E-state index in [1.165, 1.54) is 0 Å². The number of rotatable bonds is 2. The molecule has 0 bridgehead atoms. The van der Waals surface area contributed by atoms with Gasteiger partial charge < -0.3 is 20.3 Å². The average molecular weight is 374 g/mol. The lowest BCUT2D eigenvalue weighted by atomic mass is 9.95. The maximum absolute atomic E-state index is 13.5. The highest BCUT2D eigenvalue weighted by molar-refractivity contribution is 5.91. The first-order valence-corrected chi connectivity index (χ1v) is 10.3. The molecule has 3 aliphatic rings. The van der Waals surface area contributed by atoms with Crippen molar-refractivity contribution in [1.29, 1.82) is 0 Å². The third-order valence-corrected chi connectivity index (χ3v) is 6.47. The van der Waals surface area contributed by atoms with Gasteiger partial charge in [0, 0.05) is 43.5 Å². The number of hydrogen-bond acceptors (Lipinski definition) is 6. The van der Waals surface area contributed by atoms with E-state index in [0.717, 1.165) is 81.8 Å². The monoisotopic (exact) mass is 373 g/mol. The number of nitrogens with two attached hydrogens (primary N) is 1. The molecule has 1 aromatic rings. The summed E-state index contributed by atoms with van der Waals surface area (Å²) in [5.41, 5.74) is 7.82. The molecule has 1 aromatic heterocycles. The quantitative estimate of drug-likeness (QED) is 0.851. The molecule has 0 aromatic carbocycles. The van der Waals surface area contributed by atoms with Crippen LogP contribution >= 0.6 is 0 Å². The zero-order chi connectivity index (χ0) is 19.0. The molecule has 0 radical (unpaired) electrons. The highest BCUT2D eigenvalue weighted by atomic mass is 16.5. The van der Waals surface area contributed by atoms with Crippen LogP contribution in [0.1, 0.15) is 60.4 Å². The Labute approximate surface area is 161 Å². The standard InChI is InChI=1S/C20H31N5O2/c1-14-15(2)22-17(23-18(14)24-10-6-16(21)12-24)19(26)25-9-5-11-27-13-20(25)7-3-4-8-20/h16H,3-13,21H2,1-2H3/t16-/m1/s1. The van der Waals surface area contributed by atoms with Crippen molar-refractivity contribution in [2.75, 3.05) is 37.7 Å². The van der Waals surface area contributed by atoms with Gasteiger partial charge in [0.05, 0.1) is 12.1 Å². The molecule has 27 heavy (non-hydrogen) atoms. The van der Waals surface area contributed by atoms with Crippen LogP contribution < -0.4 is 10.6 Å². The molecule has 0 unspecified atom stereocenters. The number of carbonyl (C=O) groups is 1. The lowest BCUT2D eigenvalue weighted by molar-refractivity contribution is 0.0234. The summed E-state index contributed by atoms with van der Waals surface area (Å²) < 4.78 is 5.85. The van der Waals surface area contributed by atoms with E-state index in [0.29, 0.717) is 12.4 Å². The van der Waals surface area contributed by atoms with Crippen LogP contribution in [-0.2, 0) is 4.74 Å². The summed E-state index contributed by atoms with van der Waals surface area (Å²) in [7, 11) is 0. The van der Waals surface area contributed by atoms with Crippen LogP contribution in [-0.4, -0.2) is 65.2 Å². The fourth-order valence-corrected chi connectivity index (χ4v) is 4.78. The molecule has 3 fully saturated rings. The largest absolute Gasteiger partial charge is 0.379 e. The highest BCUT2D eigenvalue weighted by Gasteiger charge is 2.44. The minimum Gasteiger partial charge on any atom is -0.379 e. The van der Waals surface area contributed by atoms with Crippen LogP contribution in [0.2, 0.25) is 0 Å². The molecule has 1 saturated carbocycles. The molecule has 1 amide bonds. The number of nitrogens with zero attached hydrogens (tertiary/aromatic N) is 4. The predicted molar refractivity (Wildman–Crippen MR) is 104 cm³/mol. The number of hydrogen-bond donors (Lipinski definition) is 1. The molecule has 2 saturated heterocycles. The van der Waals surface area contributed by atoms with Crippen molar-refractivity contribution in [1.82, 2.24) is 14.9 Å². The molecule has 4 rings (SSSR count). The predicted octanol–water partition coefficient (Wildman–Crippen LogP) is 1.81. The lowest BCUT2D eigenvalue weighted by Gasteiger charge is -2.39. The van der Waals surface area contributed by atoms with E-state index in [1.807, 2.05) is 18.7 Å². The summed E-state index contributed by atoms with van der Waals surface area (Å²) >= 11 is 0. The first kappa shape index (κ1) is 18.6. The van der Waals surface area contributed by atoms with Crippen LogP contribution in [0.3, 0.4) is 0 Å². The van der Waals surface area contributed by atoms with E-state index in [4.69, 9.17) is 15.5 Å². The first-order valence-electron chi connectivity index (χ1n) is 10.3. The summed E-state index contributed by atoms with van der Waals surface area (Å²) in [6.07, 6.45) is 6.15. The molecule has 1 atom stereocenters. The summed E-state index contributed by atoms with van der Waals surface area (Å²) in [4.78, 5) is 27.1. The molecule has 7 nitrogen and oxygen atoms in total. The minimum absolute atomic E-state index is 0.0461. The Bertz CT molecular complexity index is 717. The number of anilines is 1. The van der Waals surface area contributed by atoms with Gasteiger partial charge >= 0.3 is 0 Å². The van der Waals surface area contributed by atoms with Gasteiger partial charge in [0.15, 0.2) is 0 Å². The molecule has 1 aliphatic carbocycles. The van der Waals surface area contributed by atoms with Gasteiger partial charge in [-0.15, -0.1) is 0 Å². The van der Waals surface area contributed by atoms with Crippen molar-refractivity contribution in [3.05, 3.63) is 17.1 Å². The molecular weight excluding hydrogens is 342 g/mol. The van der Waals surface area contributed by atoms with Crippen molar-refractivity contribution in [2.45, 2.75) is 64.0 Å². The second kappa shape index (κ2) is 7.36. The third kappa shape index (κ3) is 3.43. The first-order chi connectivity index (χ1) is 13.0. The molecular formula is C20H31N5O2. The zero-order valence-electron chi connectivity index (χ0n) is 16.5. The van der Waals surface area contributed by atoms with E-state index < -0.39 is 0 Å². The number of aryl methyl sites for hydroxylation is 1. The molecule has 148 valence electrons. The molecule has 1 spiro atoms. The van der Waals surface area contributed by atoms with Gasteiger partial charge in [-0.3, -0.25) is 4.79 Å². The molecule has 7 heteroatoms. The average Bonchev–Trinajstić information content (AvgIpc) is 3.23. The fraction of sp³-hybridized carbons (Fsp3) is 0.750. The van der Waals surface area contributed by atoms with Crippen molar-refractivity contribution in [2.24, 2.45) is 5.73 Å². The van der Waals surface area contributed by atoms with Crippen LogP contribution in [0.4, 0.5) is 5.82 Å². The summed E-state index contributed by atoms with van der Waals surface area (Å²) in [6, 6.07) is 0.170. The van der Waals surface area contributed by atoms with E-state index in [1.54, 1.807) is 0 Å². The Hall–Kier alpha value is -1.73. The number of aromatic nitrogens is 2. The highest BCUT2D eigenvalue weighted by Crippen LogP contribution is 2.38. The summed E-state index contributed by atoms with van der Waals surface area (Å²) in [5, 5.41) is 0. The number of amides is 1. The molecule has 2 N–H and O–H groups in total. The van der Waals surface area contributed by atoms with Gasteiger partial charge in [0.2, 0.25) is 5.82 Å². The Morgan fingerprint density at radius 1 is 1.19 bits per heavy atom. The van der Waals surface area contributed by atoms with Gasteiger partial charge in [0.1, 0.15) is 5.82 Å². The van der Waals surface area contributed by atoms with E-state index >= 15 is 0 Å². The summed E-state index contributed by atoms with van der Waals surface area (Å²) in [6.45, 7) is 7.73. The Morgan fingerprint density at radius 2 is 1.96 bits per heavy atom. The van der Waals surface area contributed by atoms with Crippen molar-refractivity contribution >= 4 is 11.7 Å². The van der Waals surface area contributed by atoms with Crippen LogP contribution in [0, 0.1) is 13.8 Å². The van der Waals surface area contributed by atoms with Gasteiger partial charge in [-0.05, 0) is 39.5 Å². The van der Waals surface area contributed by atoms with Crippen molar-refractivity contribution < 1.29 is 9.53 Å². The van der Waals surface area contributed by atoms with Crippen LogP contribution in [0.15, 0.2) is 0 Å². The van der Waals surface area contributed by atoms with Crippen molar-refractivity contribution in [3.63, 3.8) is 0 Å². The minimum atomic E-state index is -0.175. The second-order valence-electron chi connectivity index (χ2n) is 8.37. The zero-order valence-corrected chi connectivity index (χ0v) is 16.5. The number of ether oxygens (including phenoxy) is 1. The third-order valence-electron chi connectivity index (χ3n) is 6.47. The van der Waals surface area contributed by atoms with Crippen LogP contribution in [0.5, 0.6) is 0 Å². The Kier molecular flexibility index (Phi) is 5.07. The maximum atomic E-state index is 13.5. The normalized spacial score (nSPS) is 25.2. The summed E-state index contributed by atoms with van der Waals surface area (Å²) in [5.74, 6) is 1.14. The smallest absolute Gasteiger partial charge is 0.292 e. The van der Waals surface area contributed by atoms with E-state index in [2.05, 4.69) is 9.88 Å². The SMILES string of the molecule is Cc1nc(C(=O)N2CCCOCC23CCCC3)nc(N2CC[C@@H](N)C2)c1C.